The minimum absolute atomic E-state index is 0.468. The van der Waals surface area contributed by atoms with Crippen LogP contribution >= 0.6 is 0 Å². The van der Waals surface area contributed by atoms with Gasteiger partial charge in [0.25, 0.3) is 0 Å². The number of hydrogen-bond donors (Lipinski definition) is 2. The summed E-state index contributed by atoms with van der Waals surface area (Å²) >= 11 is 0. The molecule has 1 aliphatic heterocycles. The summed E-state index contributed by atoms with van der Waals surface area (Å²) < 4.78 is 0. The largest absolute Gasteiger partial charge is 0.363 e. The molecule has 1 aromatic heterocycles. The molecule has 2 heterocycles. The molecule has 1 aliphatic carbocycles. The zero-order valence-electron chi connectivity index (χ0n) is 18.2. The van der Waals surface area contributed by atoms with E-state index in [-0.39, 0.29) is 0 Å². The first-order valence-electron chi connectivity index (χ1n) is 10.9. The van der Waals surface area contributed by atoms with E-state index in [0.29, 0.717) is 18.6 Å². The van der Waals surface area contributed by atoms with Crippen molar-refractivity contribution in [3.63, 3.8) is 0 Å². The van der Waals surface area contributed by atoms with Crippen molar-refractivity contribution in [2.45, 2.75) is 57.8 Å². The number of anilines is 1. The molecule has 1 saturated carbocycles. The van der Waals surface area contributed by atoms with E-state index in [4.69, 9.17) is 9.98 Å². The highest BCUT2D eigenvalue weighted by Crippen LogP contribution is 2.33. The highest BCUT2D eigenvalue weighted by Gasteiger charge is 2.38. The Labute approximate surface area is 174 Å². The van der Waals surface area contributed by atoms with Gasteiger partial charge in [0.2, 0.25) is 0 Å². The van der Waals surface area contributed by atoms with E-state index in [1.165, 1.54) is 30.2 Å². The third-order valence-electron chi connectivity index (χ3n) is 5.98. The average Bonchev–Trinajstić information content (AvgIpc) is 3.48. The molecule has 2 unspecified atom stereocenters. The molecule has 29 heavy (non-hydrogen) atoms. The summed E-state index contributed by atoms with van der Waals surface area (Å²) in [5, 5.41) is 8.29. The quantitative estimate of drug-likeness (QED) is 0.583. The first-order valence-corrected chi connectivity index (χ1v) is 10.9. The third kappa shape index (κ3) is 4.64. The number of hydrogen-bond acceptors (Lipinski definition) is 4. The molecule has 6 nitrogen and oxygen atoms in total. The second kappa shape index (κ2) is 8.57. The Morgan fingerprint density at radius 3 is 2.79 bits per heavy atom. The average molecular weight is 395 g/mol. The molecule has 2 N–H and O–H groups in total. The zero-order valence-corrected chi connectivity index (χ0v) is 18.2. The van der Waals surface area contributed by atoms with Crippen molar-refractivity contribution in [3.8, 4) is 0 Å². The lowest BCUT2D eigenvalue weighted by atomic mass is 10.1. The molecule has 1 aromatic carbocycles. The van der Waals surface area contributed by atoms with Gasteiger partial charge in [-0.25, -0.2) is 9.98 Å². The van der Waals surface area contributed by atoms with Gasteiger partial charge in [-0.15, -0.1) is 0 Å². The van der Waals surface area contributed by atoms with E-state index in [0.717, 1.165) is 36.4 Å². The maximum absolute atomic E-state index is 4.94. The number of likely N-dealkylation sites (tertiary alicyclic amines) is 1. The number of fused-ring (bicyclic) bond motifs is 1. The highest BCUT2D eigenvalue weighted by atomic mass is 15.3. The molecule has 4 rings (SSSR count). The summed E-state index contributed by atoms with van der Waals surface area (Å²) in [6.45, 7) is 7.10. The van der Waals surface area contributed by atoms with Crippen LogP contribution in [-0.2, 0) is 6.54 Å². The summed E-state index contributed by atoms with van der Waals surface area (Å²) in [4.78, 5) is 14.4. The topological polar surface area (TPSA) is 55.8 Å². The fourth-order valence-corrected chi connectivity index (χ4v) is 4.35. The Kier molecular flexibility index (Phi) is 5.90. The standard InChI is InChI=1S/C23H34N6/c1-5-24-23(26-18-12-16(2)29(15-18)19-10-11-19)25-14-17-13-22(28(3)4)27-21-9-7-6-8-20(17)21/h6-9,13,16,18-19H,5,10-12,14-15H2,1-4H3,(H2,24,25,26). The van der Waals surface area contributed by atoms with Crippen molar-refractivity contribution in [3.05, 3.63) is 35.9 Å². The van der Waals surface area contributed by atoms with Gasteiger partial charge in [0.15, 0.2) is 5.96 Å². The molecule has 2 fully saturated rings. The minimum atomic E-state index is 0.468. The summed E-state index contributed by atoms with van der Waals surface area (Å²) in [5.74, 6) is 1.88. The Morgan fingerprint density at radius 2 is 2.07 bits per heavy atom. The van der Waals surface area contributed by atoms with Crippen molar-refractivity contribution < 1.29 is 0 Å². The van der Waals surface area contributed by atoms with Crippen LogP contribution in [0.4, 0.5) is 5.82 Å². The molecule has 156 valence electrons. The van der Waals surface area contributed by atoms with Crippen LogP contribution in [0.15, 0.2) is 35.3 Å². The summed E-state index contributed by atoms with van der Waals surface area (Å²) in [6, 6.07) is 12.4. The zero-order chi connectivity index (χ0) is 20.4. The van der Waals surface area contributed by atoms with E-state index in [1.807, 2.05) is 20.2 Å². The van der Waals surface area contributed by atoms with Gasteiger partial charge in [0.05, 0.1) is 12.1 Å². The maximum atomic E-state index is 4.94. The molecule has 2 aromatic rings. The number of rotatable bonds is 6. The van der Waals surface area contributed by atoms with E-state index < -0.39 is 0 Å². The molecule has 0 amide bonds. The Hall–Kier alpha value is -2.34. The number of aromatic nitrogens is 1. The molecular weight excluding hydrogens is 360 g/mol. The van der Waals surface area contributed by atoms with Crippen LogP contribution in [0.5, 0.6) is 0 Å². The Bertz CT molecular complexity index is 873. The maximum Gasteiger partial charge on any atom is 0.191 e. The number of nitrogens with one attached hydrogen (secondary N) is 2. The first-order chi connectivity index (χ1) is 14.0. The van der Waals surface area contributed by atoms with Crippen LogP contribution < -0.4 is 15.5 Å². The summed E-state index contributed by atoms with van der Waals surface area (Å²) in [7, 11) is 4.06. The number of nitrogens with zero attached hydrogens (tertiary/aromatic N) is 4. The number of guanidine groups is 1. The molecule has 0 bridgehead atoms. The van der Waals surface area contributed by atoms with E-state index >= 15 is 0 Å². The molecule has 2 atom stereocenters. The van der Waals surface area contributed by atoms with Crippen molar-refractivity contribution in [2.75, 3.05) is 32.1 Å². The smallest absolute Gasteiger partial charge is 0.191 e. The highest BCUT2D eigenvalue weighted by molar-refractivity contribution is 5.85. The third-order valence-corrected chi connectivity index (χ3v) is 5.98. The van der Waals surface area contributed by atoms with Gasteiger partial charge in [-0.1, -0.05) is 18.2 Å². The van der Waals surface area contributed by atoms with Crippen LogP contribution in [0.1, 0.15) is 38.7 Å². The first kappa shape index (κ1) is 20.0. The molecular formula is C23H34N6. The van der Waals surface area contributed by atoms with Gasteiger partial charge < -0.3 is 15.5 Å². The lowest BCUT2D eigenvalue weighted by Crippen LogP contribution is -2.44. The predicted octanol–water partition coefficient (Wildman–Crippen LogP) is 2.98. The van der Waals surface area contributed by atoms with Gasteiger partial charge in [0.1, 0.15) is 5.82 Å². The number of aliphatic imine (C=N–C) groups is 1. The SMILES string of the molecule is CCNC(=NCc1cc(N(C)C)nc2ccccc12)NC1CC(C)N(C2CC2)C1. The van der Waals surface area contributed by atoms with Crippen LogP contribution in [0.3, 0.4) is 0 Å². The fourth-order valence-electron chi connectivity index (χ4n) is 4.35. The van der Waals surface area contributed by atoms with E-state index in [2.05, 4.69) is 58.5 Å². The van der Waals surface area contributed by atoms with Gasteiger partial charge in [-0.3, -0.25) is 4.90 Å². The Balaban J connectivity index is 1.52. The Morgan fingerprint density at radius 1 is 1.28 bits per heavy atom. The summed E-state index contributed by atoms with van der Waals surface area (Å²) in [6.07, 6.45) is 3.92. The lowest BCUT2D eigenvalue weighted by molar-refractivity contribution is 0.256. The molecule has 0 spiro atoms. The van der Waals surface area contributed by atoms with Gasteiger partial charge >= 0.3 is 0 Å². The number of pyridine rings is 1. The fraction of sp³-hybridized carbons (Fsp3) is 0.565. The van der Waals surface area contributed by atoms with E-state index in [9.17, 15) is 0 Å². The molecule has 2 aliphatic rings. The van der Waals surface area contributed by atoms with Crippen molar-refractivity contribution in [1.29, 1.82) is 0 Å². The second-order valence-electron chi connectivity index (χ2n) is 8.60. The molecule has 6 heteroatoms. The van der Waals surface area contributed by atoms with Crippen LogP contribution in [0.2, 0.25) is 0 Å². The van der Waals surface area contributed by atoms with E-state index in [1.54, 1.807) is 0 Å². The van der Waals surface area contributed by atoms with Crippen molar-refractivity contribution in [1.82, 2.24) is 20.5 Å². The van der Waals surface area contributed by atoms with Gasteiger partial charge in [0, 0.05) is 50.7 Å². The van der Waals surface area contributed by atoms with Crippen LogP contribution in [0.25, 0.3) is 10.9 Å². The van der Waals surface area contributed by atoms with Gasteiger partial charge in [-0.05, 0) is 50.8 Å². The number of benzene rings is 1. The summed E-state index contributed by atoms with van der Waals surface area (Å²) in [5.41, 5.74) is 2.22. The minimum Gasteiger partial charge on any atom is -0.363 e. The van der Waals surface area contributed by atoms with Crippen molar-refractivity contribution >= 4 is 22.7 Å². The normalized spacial score (nSPS) is 22.8. The van der Waals surface area contributed by atoms with Crippen LogP contribution in [-0.4, -0.2) is 61.2 Å². The molecule has 1 saturated heterocycles. The van der Waals surface area contributed by atoms with Crippen LogP contribution in [0, 0.1) is 0 Å². The van der Waals surface area contributed by atoms with Gasteiger partial charge in [-0.2, -0.15) is 0 Å². The second-order valence-corrected chi connectivity index (χ2v) is 8.60. The monoisotopic (exact) mass is 394 g/mol. The lowest BCUT2D eigenvalue weighted by Gasteiger charge is -2.20. The predicted molar refractivity (Wildman–Crippen MR) is 122 cm³/mol. The number of para-hydroxylation sites is 1. The van der Waals surface area contributed by atoms with Crippen molar-refractivity contribution in [2.24, 2.45) is 4.99 Å². The molecule has 0 radical (unpaired) electrons.